The van der Waals surface area contributed by atoms with Gasteiger partial charge in [0.05, 0.1) is 13.5 Å². The highest BCUT2D eigenvalue weighted by molar-refractivity contribution is 5.97. The Labute approximate surface area is 137 Å². The fourth-order valence-electron chi connectivity index (χ4n) is 2.23. The highest BCUT2D eigenvalue weighted by atomic mass is 16.5. The SMILES string of the molecule is COC(=O)CCN(CC(C)C)C(=O)CCC(=O)c1ccccc1. The number of Topliss-reactive ketones (excluding diaryl/α,β-unsaturated/α-hetero) is 1. The Morgan fingerprint density at radius 1 is 1.04 bits per heavy atom. The number of benzene rings is 1. The molecule has 0 aliphatic carbocycles. The third-order valence-corrected chi connectivity index (χ3v) is 3.41. The second-order valence-electron chi connectivity index (χ2n) is 5.85. The fourth-order valence-corrected chi connectivity index (χ4v) is 2.23. The predicted octanol–water partition coefficient (Wildman–Crippen LogP) is 2.70. The van der Waals surface area contributed by atoms with Crippen LogP contribution in [0.2, 0.25) is 0 Å². The minimum absolute atomic E-state index is 0.0450. The molecule has 23 heavy (non-hydrogen) atoms. The minimum Gasteiger partial charge on any atom is -0.469 e. The van der Waals surface area contributed by atoms with Crippen LogP contribution in [0.4, 0.5) is 0 Å². The standard InChI is InChI=1S/C18H25NO4/c1-14(2)13-19(12-11-18(22)23-3)17(21)10-9-16(20)15-7-5-4-6-8-15/h4-8,14H,9-13H2,1-3H3. The van der Waals surface area contributed by atoms with Gasteiger partial charge in [0.15, 0.2) is 5.78 Å². The predicted molar refractivity (Wildman–Crippen MR) is 88.1 cm³/mol. The second kappa shape index (κ2) is 9.77. The number of nitrogens with zero attached hydrogens (tertiary/aromatic N) is 1. The van der Waals surface area contributed by atoms with Gasteiger partial charge in [0.2, 0.25) is 5.91 Å². The first-order valence-corrected chi connectivity index (χ1v) is 7.87. The van der Waals surface area contributed by atoms with Gasteiger partial charge in [-0.05, 0) is 5.92 Å². The largest absolute Gasteiger partial charge is 0.469 e. The number of amides is 1. The maximum absolute atomic E-state index is 12.3. The molecule has 1 aromatic carbocycles. The van der Waals surface area contributed by atoms with Crippen molar-refractivity contribution in [1.82, 2.24) is 4.90 Å². The van der Waals surface area contributed by atoms with Gasteiger partial charge < -0.3 is 9.64 Å². The Kier molecular flexibility index (Phi) is 8.02. The maximum Gasteiger partial charge on any atom is 0.307 e. The Balaban J connectivity index is 2.55. The van der Waals surface area contributed by atoms with Gasteiger partial charge in [-0.3, -0.25) is 14.4 Å². The van der Waals surface area contributed by atoms with E-state index < -0.39 is 0 Å². The molecule has 5 heteroatoms. The number of ether oxygens (including phenoxy) is 1. The molecule has 0 fully saturated rings. The van der Waals surface area contributed by atoms with Crippen LogP contribution in [0.5, 0.6) is 0 Å². The summed E-state index contributed by atoms with van der Waals surface area (Å²) in [5.41, 5.74) is 0.616. The molecule has 0 saturated heterocycles. The highest BCUT2D eigenvalue weighted by Gasteiger charge is 2.18. The summed E-state index contributed by atoms with van der Waals surface area (Å²) >= 11 is 0. The number of rotatable bonds is 9. The van der Waals surface area contributed by atoms with Crippen molar-refractivity contribution in [1.29, 1.82) is 0 Å². The van der Waals surface area contributed by atoms with Crippen molar-refractivity contribution in [2.75, 3.05) is 20.2 Å². The lowest BCUT2D eigenvalue weighted by molar-refractivity contribution is -0.141. The number of hydrogen-bond donors (Lipinski definition) is 0. The zero-order valence-electron chi connectivity index (χ0n) is 14.1. The van der Waals surface area contributed by atoms with E-state index in [1.54, 1.807) is 29.2 Å². The Morgan fingerprint density at radius 2 is 1.70 bits per heavy atom. The van der Waals surface area contributed by atoms with Crippen molar-refractivity contribution >= 4 is 17.7 Å². The van der Waals surface area contributed by atoms with Gasteiger partial charge in [-0.2, -0.15) is 0 Å². The lowest BCUT2D eigenvalue weighted by Gasteiger charge is -2.24. The Bertz CT molecular complexity index is 525. The molecule has 0 aliphatic heterocycles. The molecule has 1 aromatic rings. The van der Waals surface area contributed by atoms with Gasteiger partial charge in [0.1, 0.15) is 0 Å². The van der Waals surface area contributed by atoms with E-state index in [0.29, 0.717) is 24.6 Å². The molecule has 0 bridgehead atoms. The van der Waals surface area contributed by atoms with Gasteiger partial charge in [-0.1, -0.05) is 44.2 Å². The van der Waals surface area contributed by atoms with E-state index >= 15 is 0 Å². The molecular weight excluding hydrogens is 294 g/mol. The van der Waals surface area contributed by atoms with Crippen molar-refractivity contribution in [3.8, 4) is 0 Å². The van der Waals surface area contributed by atoms with Gasteiger partial charge in [0, 0.05) is 31.5 Å². The molecule has 0 spiro atoms. The summed E-state index contributed by atoms with van der Waals surface area (Å²) in [6.07, 6.45) is 0.499. The summed E-state index contributed by atoms with van der Waals surface area (Å²) in [6.45, 7) is 4.90. The van der Waals surface area contributed by atoms with Crippen molar-refractivity contribution in [2.24, 2.45) is 5.92 Å². The van der Waals surface area contributed by atoms with Crippen LogP contribution < -0.4 is 0 Å². The molecule has 126 valence electrons. The lowest BCUT2D eigenvalue weighted by Crippen LogP contribution is -2.36. The van der Waals surface area contributed by atoms with Crippen molar-refractivity contribution in [2.45, 2.75) is 33.1 Å². The van der Waals surface area contributed by atoms with E-state index in [0.717, 1.165) is 0 Å². The smallest absolute Gasteiger partial charge is 0.307 e. The van der Waals surface area contributed by atoms with Crippen LogP contribution in [-0.4, -0.2) is 42.8 Å². The summed E-state index contributed by atoms with van der Waals surface area (Å²) in [7, 11) is 1.33. The fraction of sp³-hybridized carbons (Fsp3) is 0.500. The monoisotopic (exact) mass is 319 g/mol. The van der Waals surface area contributed by atoms with Crippen LogP contribution in [0.15, 0.2) is 30.3 Å². The van der Waals surface area contributed by atoms with Gasteiger partial charge in [0.25, 0.3) is 0 Å². The zero-order valence-corrected chi connectivity index (χ0v) is 14.1. The van der Waals surface area contributed by atoms with Crippen LogP contribution >= 0.6 is 0 Å². The Morgan fingerprint density at radius 3 is 2.26 bits per heavy atom. The molecule has 0 aromatic heterocycles. The molecule has 0 unspecified atom stereocenters. The summed E-state index contributed by atoms with van der Waals surface area (Å²) in [6, 6.07) is 8.94. The third kappa shape index (κ3) is 7.08. The minimum atomic E-state index is -0.341. The first-order valence-electron chi connectivity index (χ1n) is 7.87. The van der Waals surface area contributed by atoms with Crippen LogP contribution in [0, 0.1) is 5.92 Å². The van der Waals surface area contributed by atoms with E-state index in [1.807, 2.05) is 19.9 Å². The van der Waals surface area contributed by atoms with Crippen molar-refractivity contribution < 1.29 is 19.1 Å². The molecule has 0 N–H and O–H groups in total. The molecule has 5 nitrogen and oxygen atoms in total. The molecule has 0 saturated carbocycles. The van der Waals surface area contributed by atoms with E-state index in [4.69, 9.17) is 0 Å². The zero-order chi connectivity index (χ0) is 17.2. The van der Waals surface area contributed by atoms with Gasteiger partial charge >= 0.3 is 5.97 Å². The number of hydrogen-bond acceptors (Lipinski definition) is 4. The van der Waals surface area contributed by atoms with E-state index in [-0.39, 0.29) is 36.9 Å². The van der Waals surface area contributed by atoms with Crippen molar-refractivity contribution in [3.63, 3.8) is 0 Å². The topological polar surface area (TPSA) is 63.7 Å². The Hall–Kier alpha value is -2.17. The molecule has 0 atom stereocenters. The van der Waals surface area contributed by atoms with E-state index in [1.165, 1.54) is 7.11 Å². The lowest BCUT2D eigenvalue weighted by atomic mass is 10.1. The van der Waals surface area contributed by atoms with Gasteiger partial charge in [-0.15, -0.1) is 0 Å². The quantitative estimate of drug-likeness (QED) is 0.518. The number of ketones is 1. The summed E-state index contributed by atoms with van der Waals surface area (Å²) < 4.78 is 4.61. The molecule has 0 heterocycles. The number of carbonyl (C=O) groups excluding carboxylic acids is 3. The molecular formula is C18H25NO4. The second-order valence-corrected chi connectivity index (χ2v) is 5.85. The number of carbonyl (C=O) groups is 3. The number of methoxy groups -OCH3 is 1. The first-order chi connectivity index (χ1) is 10.9. The number of esters is 1. The van der Waals surface area contributed by atoms with Crippen LogP contribution in [0.3, 0.4) is 0 Å². The normalized spacial score (nSPS) is 10.4. The van der Waals surface area contributed by atoms with Gasteiger partial charge in [-0.25, -0.2) is 0 Å². The summed E-state index contributed by atoms with van der Waals surface area (Å²) in [5.74, 6) is -0.198. The van der Waals surface area contributed by atoms with Crippen LogP contribution in [0.25, 0.3) is 0 Å². The first kappa shape index (κ1) is 18.9. The van der Waals surface area contributed by atoms with Crippen LogP contribution in [-0.2, 0) is 14.3 Å². The molecule has 0 aliphatic rings. The highest BCUT2D eigenvalue weighted by Crippen LogP contribution is 2.09. The van der Waals surface area contributed by atoms with Crippen molar-refractivity contribution in [3.05, 3.63) is 35.9 Å². The van der Waals surface area contributed by atoms with E-state index in [2.05, 4.69) is 4.74 Å². The average molecular weight is 319 g/mol. The summed E-state index contributed by atoms with van der Waals surface area (Å²) in [5, 5.41) is 0. The molecule has 1 rings (SSSR count). The third-order valence-electron chi connectivity index (χ3n) is 3.41. The summed E-state index contributed by atoms with van der Waals surface area (Å²) in [4.78, 5) is 37.3. The maximum atomic E-state index is 12.3. The molecule has 0 radical (unpaired) electrons. The van der Waals surface area contributed by atoms with Crippen LogP contribution in [0.1, 0.15) is 43.5 Å². The molecule has 1 amide bonds. The average Bonchev–Trinajstić information content (AvgIpc) is 2.56. The van der Waals surface area contributed by atoms with E-state index in [9.17, 15) is 14.4 Å².